The van der Waals surface area contributed by atoms with Gasteiger partial charge in [-0.15, -0.1) is 0 Å². The molecule has 9 nitrogen and oxygen atoms in total. The van der Waals surface area contributed by atoms with Crippen LogP contribution in [0.4, 0.5) is 4.79 Å². The smallest absolute Gasteiger partial charge is 0.408 e. The fourth-order valence-electron chi connectivity index (χ4n) is 6.33. The van der Waals surface area contributed by atoms with Crippen LogP contribution in [0.5, 0.6) is 0 Å². The van der Waals surface area contributed by atoms with Gasteiger partial charge in [-0.2, -0.15) is 0 Å². The number of quaternary nitrogens is 1. The topological polar surface area (TPSA) is 111 Å². The summed E-state index contributed by atoms with van der Waals surface area (Å²) in [4.78, 5) is 53.6. The minimum atomic E-state index is -1.12. The van der Waals surface area contributed by atoms with E-state index in [1.165, 1.54) is 0 Å². The predicted molar refractivity (Wildman–Crippen MR) is 169 cm³/mol. The molecule has 9 heteroatoms. The molecule has 45 heavy (non-hydrogen) atoms. The van der Waals surface area contributed by atoms with Gasteiger partial charge in [-0.1, -0.05) is 91.0 Å². The molecule has 2 unspecified atom stereocenters. The number of fused-ring (bicyclic) bond motifs is 3. The zero-order valence-corrected chi connectivity index (χ0v) is 26.1. The standard InChI is InChI=1S/C36H41N3O6/c1-36(2,3)45-35(43)38-31(27-15-9-5-10-16-27)33(41)37-32(28-17-11-6-12-18-28)34(42)44-30-24-39(21-19-26(30)20-22-39)23-29(40)25-13-7-4-8-14-25/h4-18,26,30-32H,19-24H2,1-3H3,(H-,37,38,41,43)/p+1/t26?,30-,31?,32?,39?/m0/s1. The molecule has 0 aliphatic carbocycles. The largest absolute Gasteiger partial charge is 0.454 e. The van der Waals surface area contributed by atoms with Gasteiger partial charge in [0.05, 0.1) is 13.1 Å². The van der Waals surface area contributed by atoms with Crippen molar-refractivity contribution in [3.63, 3.8) is 0 Å². The van der Waals surface area contributed by atoms with Gasteiger partial charge in [0.15, 0.2) is 12.1 Å². The average Bonchev–Trinajstić information content (AvgIpc) is 3.03. The van der Waals surface area contributed by atoms with E-state index < -0.39 is 35.7 Å². The van der Waals surface area contributed by atoms with E-state index in [1.54, 1.807) is 69.3 Å². The number of hydrogen-bond acceptors (Lipinski definition) is 6. The zero-order chi connectivity index (χ0) is 32.0. The highest BCUT2D eigenvalue weighted by Gasteiger charge is 2.49. The number of carbonyl (C=O) groups is 4. The van der Waals surface area contributed by atoms with Crippen LogP contribution in [-0.4, -0.2) is 66.1 Å². The Balaban J connectivity index is 1.33. The molecule has 0 radical (unpaired) electrons. The zero-order valence-electron chi connectivity index (χ0n) is 26.1. The van der Waals surface area contributed by atoms with E-state index >= 15 is 0 Å². The Hall–Kier alpha value is -4.50. The van der Waals surface area contributed by atoms with E-state index in [0.717, 1.165) is 25.9 Å². The summed E-state index contributed by atoms with van der Waals surface area (Å²) in [6, 6.07) is 24.8. The minimum absolute atomic E-state index is 0.0832. The van der Waals surface area contributed by atoms with Crippen LogP contribution in [0, 0.1) is 5.92 Å². The van der Waals surface area contributed by atoms with Crippen molar-refractivity contribution in [1.82, 2.24) is 10.6 Å². The maximum atomic E-state index is 13.9. The van der Waals surface area contributed by atoms with Gasteiger partial charge < -0.3 is 24.6 Å². The lowest BCUT2D eigenvalue weighted by molar-refractivity contribution is -0.938. The number of rotatable bonds is 10. The lowest BCUT2D eigenvalue weighted by Crippen LogP contribution is -2.66. The number of benzene rings is 3. The molecule has 3 aromatic rings. The van der Waals surface area contributed by atoms with Crippen molar-refractivity contribution in [2.45, 2.75) is 57.4 Å². The Morgan fingerprint density at radius 3 is 1.87 bits per heavy atom. The molecule has 2 N–H and O–H groups in total. The van der Waals surface area contributed by atoms with E-state index in [9.17, 15) is 19.2 Å². The number of Topliss-reactive ketones (excluding diaryl/α,β-unsaturated/α-hetero) is 1. The molecule has 3 fully saturated rings. The summed E-state index contributed by atoms with van der Waals surface area (Å²) in [5.41, 5.74) is 1.02. The molecule has 236 valence electrons. The first-order valence-corrected chi connectivity index (χ1v) is 15.6. The van der Waals surface area contributed by atoms with Crippen molar-refractivity contribution < 1.29 is 33.1 Å². The Labute approximate surface area is 264 Å². The molecule has 2 amide bonds. The van der Waals surface area contributed by atoms with Crippen LogP contribution in [0.15, 0.2) is 91.0 Å². The van der Waals surface area contributed by atoms with E-state index in [4.69, 9.17) is 9.47 Å². The van der Waals surface area contributed by atoms with Crippen LogP contribution in [-0.2, 0) is 19.1 Å². The molecular weight excluding hydrogens is 570 g/mol. The summed E-state index contributed by atoms with van der Waals surface area (Å²) in [6.07, 6.45) is 0.587. The number of ketones is 1. The van der Waals surface area contributed by atoms with Crippen molar-refractivity contribution in [2.24, 2.45) is 5.92 Å². The molecule has 0 saturated carbocycles. The van der Waals surface area contributed by atoms with E-state index in [-0.39, 0.29) is 17.8 Å². The highest BCUT2D eigenvalue weighted by Crippen LogP contribution is 2.36. The van der Waals surface area contributed by atoms with Crippen molar-refractivity contribution in [3.05, 3.63) is 108 Å². The summed E-state index contributed by atoms with van der Waals surface area (Å²) < 4.78 is 12.2. The summed E-state index contributed by atoms with van der Waals surface area (Å²) >= 11 is 0. The summed E-state index contributed by atoms with van der Waals surface area (Å²) in [7, 11) is 0. The number of esters is 1. The third kappa shape index (κ3) is 8.16. The van der Waals surface area contributed by atoms with Crippen LogP contribution in [0.1, 0.15) is 67.2 Å². The van der Waals surface area contributed by atoms with Gasteiger partial charge in [0, 0.05) is 24.3 Å². The number of nitrogens with zero attached hydrogens (tertiary/aromatic N) is 1. The fourth-order valence-corrected chi connectivity index (χ4v) is 6.33. The fraction of sp³-hybridized carbons (Fsp3) is 0.389. The van der Waals surface area contributed by atoms with Gasteiger partial charge in [0.1, 0.15) is 24.7 Å². The van der Waals surface area contributed by atoms with Crippen molar-refractivity contribution >= 4 is 23.8 Å². The van der Waals surface area contributed by atoms with E-state index in [0.29, 0.717) is 34.3 Å². The summed E-state index contributed by atoms with van der Waals surface area (Å²) in [5.74, 6) is -0.882. The first-order chi connectivity index (χ1) is 21.5. The number of carbonyl (C=O) groups excluding carboxylic acids is 4. The normalized spacial score (nSPS) is 22.0. The van der Waals surface area contributed by atoms with E-state index in [2.05, 4.69) is 10.6 Å². The SMILES string of the molecule is CC(C)(C)OC(=O)NC(C(=O)NC(C(=O)O[C@H]1C[N+]2(CC(=O)c3ccccc3)CCC1CC2)c1ccccc1)c1ccccc1. The van der Waals surface area contributed by atoms with Crippen LogP contribution in [0.2, 0.25) is 0 Å². The second-order valence-corrected chi connectivity index (χ2v) is 13.1. The van der Waals surface area contributed by atoms with E-state index in [1.807, 2.05) is 42.5 Å². The molecule has 0 spiro atoms. The molecule has 3 aromatic carbocycles. The van der Waals surface area contributed by atoms with Crippen molar-refractivity contribution in [1.29, 1.82) is 0 Å². The lowest BCUT2D eigenvalue weighted by atomic mass is 9.82. The van der Waals surface area contributed by atoms with Gasteiger partial charge in [0.25, 0.3) is 0 Å². The third-order valence-corrected chi connectivity index (χ3v) is 8.60. The summed E-state index contributed by atoms with van der Waals surface area (Å²) in [6.45, 7) is 7.87. The van der Waals surface area contributed by atoms with Gasteiger partial charge in [-0.3, -0.25) is 9.59 Å². The van der Waals surface area contributed by atoms with Gasteiger partial charge in [0.2, 0.25) is 11.7 Å². The average molecular weight is 613 g/mol. The quantitative estimate of drug-likeness (QED) is 0.186. The Morgan fingerprint density at radius 2 is 1.31 bits per heavy atom. The number of piperidine rings is 3. The predicted octanol–water partition coefficient (Wildman–Crippen LogP) is 5.15. The van der Waals surface area contributed by atoms with Crippen molar-refractivity contribution in [3.8, 4) is 0 Å². The highest BCUT2D eigenvalue weighted by molar-refractivity contribution is 5.97. The molecule has 3 aliphatic rings. The van der Waals surface area contributed by atoms with Crippen LogP contribution in [0.25, 0.3) is 0 Å². The van der Waals surface area contributed by atoms with Gasteiger partial charge >= 0.3 is 12.1 Å². The maximum absolute atomic E-state index is 13.9. The lowest BCUT2D eigenvalue weighted by Gasteiger charge is -2.51. The molecule has 3 aliphatic heterocycles. The van der Waals surface area contributed by atoms with Crippen molar-refractivity contribution in [2.75, 3.05) is 26.2 Å². The van der Waals surface area contributed by atoms with Crippen LogP contribution in [0.3, 0.4) is 0 Å². The molecule has 3 saturated heterocycles. The molecular formula is C36H42N3O6+. The Kier molecular flexibility index (Phi) is 9.68. The summed E-state index contributed by atoms with van der Waals surface area (Å²) in [5, 5.41) is 5.52. The molecule has 3 atom stereocenters. The number of ether oxygens (including phenoxy) is 2. The minimum Gasteiger partial charge on any atom is -0.454 e. The Bertz CT molecular complexity index is 1480. The Morgan fingerprint density at radius 1 is 0.778 bits per heavy atom. The van der Waals surface area contributed by atoms with Crippen LogP contribution >= 0.6 is 0 Å². The second-order valence-electron chi connectivity index (χ2n) is 13.1. The maximum Gasteiger partial charge on any atom is 0.408 e. The molecule has 6 rings (SSSR count). The number of nitrogens with one attached hydrogen (secondary N) is 2. The number of hydrogen-bond donors (Lipinski definition) is 2. The van der Waals surface area contributed by atoms with Gasteiger partial charge in [-0.25, -0.2) is 9.59 Å². The second kappa shape index (κ2) is 13.6. The highest BCUT2D eigenvalue weighted by atomic mass is 16.6. The third-order valence-electron chi connectivity index (χ3n) is 8.60. The van der Waals surface area contributed by atoms with Crippen LogP contribution < -0.4 is 10.6 Å². The van der Waals surface area contributed by atoms with Gasteiger partial charge in [-0.05, 0) is 31.9 Å². The first kappa shape index (κ1) is 31.9. The molecule has 2 bridgehead atoms. The number of alkyl carbamates (subject to hydrolysis) is 1. The number of amides is 2. The first-order valence-electron chi connectivity index (χ1n) is 15.6. The molecule has 0 aromatic heterocycles. The monoisotopic (exact) mass is 612 g/mol. The molecule has 3 heterocycles.